The van der Waals surface area contributed by atoms with Crippen LogP contribution in [0.3, 0.4) is 0 Å². The quantitative estimate of drug-likeness (QED) is 0.762. The lowest BCUT2D eigenvalue weighted by Gasteiger charge is -2.07. The SMILES string of the molecule is COC(=O)c1nnn(Cc2ccc(O)cc2)c1CCN. The van der Waals surface area contributed by atoms with E-state index in [0.29, 0.717) is 25.2 Å². The molecule has 0 unspecified atom stereocenters. The van der Waals surface area contributed by atoms with Crippen molar-refractivity contribution in [3.05, 3.63) is 41.2 Å². The summed E-state index contributed by atoms with van der Waals surface area (Å²) in [5, 5.41) is 17.1. The molecule has 2 aromatic rings. The molecule has 0 radical (unpaired) electrons. The van der Waals surface area contributed by atoms with Gasteiger partial charge in [-0.1, -0.05) is 17.3 Å². The first-order chi connectivity index (χ1) is 9.65. The molecule has 0 saturated heterocycles. The zero-order chi connectivity index (χ0) is 14.5. The van der Waals surface area contributed by atoms with Crippen molar-refractivity contribution < 1.29 is 14.6 Å². The first-order valence-electron chi connectivity index (χ1n) is 6.14. The van der Waals surface area contributed by atoms with Crippen molar-refractivity contribution in [1.82, 2.24) is 15.0 Å². The number of esters is 1. The monoisotopic (exact) mass is 276 g/mol. The maximum Gasteiger partial charge on any atom is 0.360 e. The summed E-state index contributed by atoms with van der Waals surface area (Å²) in [5.41, 5.74) is 7.33. The van der Waals surface area contributed by atoms with Gasteiger partial charge >= 0.3 is 5.97 Å². The summed E-state index contributed by atoms with van der Waals surface area (Å²) in [7, 11) is 1.30. The Morgan fingerprint density at radius 1 is 1.40 bits per heavy atom. The van der Waals surface area contributed by atoms with Gasteiger partial charge in [-0.3, -0.25) is 0 Å². The Hall–Kier alpha value is -2.41. The molecule has 0 fully saturated rings. The number of rotatable bonds is 5. The minimum Gasteiger partial charge on any atom is -0.508 e. The lowest BCUT2D eigenvalue weighted by atomic mass is 10.2. The van der Waals surface area contributed by atoms with Gasteiger partial charge in [0.2, 0.25) is 0 Å². The second-order valence-corrected chi connectivity index (χ2v) is 4.24. The van der Waals surface area contributed by atoms with E-state index in [9.17, 15) is 9.90 Å². The summed E-state index contributed by atoms with van der Waals surface area (Å²) in [6.45, 7) is 0.826. The fourth-order valence-electron chi connectivity index (χ4n) is 1.87. The first kappa shape index (κ1) is 14.0. The predicted octanol–water partition coefficient (Wildman–Crippen LogP) is 0.320. The normalized spacial score (nSPS) is 10.5. The number of phenols is 1. The van der Waals surface area contributed by atoms with Gasteiger partial charge in [-0.15, -0.1) is 5.10 Å². The Balaban J connectivity index is 2.29. The molecule has 1 heterocycles. The van der Waals surface area contributed by atoms with Crippen molar-refractivity contribution in [2.75, 3.05) is 13.7 Å². The lowest BCUT2D eigenvalue weighted by Crippen LogP contribution is -2.14. The fraction of sp³-hybridized carbons (Fsp3) is 0.308. The molecule has 3 N–H and O–H groups in total. The summed E-state index contributed by atoms with van der Waals surface area (Å²) >= 11 is 0. The van der Waals surface area contributed by atoms with Gasteiger partial charge in [0.15, 0.2) is 5.69 Å². The Morgan fingerprint density at radius 2 is 2.10 bits per heavy atom. The van der Waals surface area contributed by atoms with Gasteiger partial charge in [0.25, 0.3) is 0 Å². The lowest BCUT2D eigenvalue weighted by molar-refractivity contribution is 0.0592. The second-order valence-electron chi connectivity index (χ2n) is 4.24. The third kappa shape index (κ3) is 2.94. The number of aromatic nitrogens is 3. The molecular weight excluding hydrogens is 260 g/mol. The van der Waals surface area contributed by atoms with Crippen LogP contribution in [0.1, 0.15) is 21.7 Å². The molecule has 7 heteroatoms. The van der Waals surface area contributed by atoms with Crippen LogP contribution >= 0.6 is 0 Å². The largest absolute Gasteiger partial charge is 0.508 e. The molecule has 0 amide bonds. The highest BCUT2D eigenvalue weighted by molar-refractivity contribution is 5.88. The topological polar surface area (TPSA) is 103 Å². The zero-order valence-corrected chi connectivity index (χ0v) is 11.1. The highest BCUT2D eigenvalue weighted by atomic mass is 16.5. The third-order valence-electron chi connectivity index (χ3n) is 2.87. The molecule has 1 aromatic carbocycles. The first-order valence-corrected chi connectivity index (χ1v) is 6.14. The smallest absolute Gasteiger partial charge is 0.360 e. The molecule has 0 aliphatic rings. The zero-order valence-electron chi connectivity index (χ0n) is 11.1. The average molecular weight is 276 g/mol. The Kier molecular flexibility index (Phi) is 4.31. The van der Waals surface area contributed by atoms with E-state index >= 15 is 0 Å². The molecule has 106 valence electrons. The average Bonchev–Trinajstić information content (AvgIpc) is 2.84. The minimum atomic E-state index is -0.523. The molecule has 0 atom stereocenters. The summed E-state index contributed by atoms with van der Waals surface area (Å²) in [6.07, 6.45) is 0.482. The Bertz CT molecular complexity index is 592. The van der Waals surface area contributed by atoms with E-state index < -0.39 is 5.97 Å². The van der Waals surface area contributed by atoms with Crippen LogP contribution in [0, 0.1) is 0 Å². The number of phenolic OH excluding ortho intramolecular Hbond substituents is 1. The van der Waals surface area contributed by atoms with E-state index in [0.717, 1.165) is 5.56 Å². The number of aromatic hydroxyl groups is 1. The van der Waals surface area contributed by atoms with E-state index in [2.05, 4.69) is 15.0 Å². The van der Waals surface area contributed by atoms with E-state index in [1.165, 1.54) is 7.11 Å². The standard InChI is InChI=1S/C13H16N4O3/c1-20-13(19)12-11(6-7-14)17(16-15-12)8-9-2-4-10(18)5-3-9/h2-5,18H,6-8,14H2,1H3. The molecule has 2 rings (SSSR count). The van der Waals surface area contributed by atoms with E-state index in [1.807, 2.05) is 0 Å². The van der Waals surface area contributed by atoms with E-state index in [4.69, 9.17) is 5.73 Å². The number of hydrogen-bond acceptors (Lipinski definition) is 6. The van der Waals surface area contributed by atoms with Crippen LogP contribution in [-0.2, 0) is 17.7 Å². The number of benzene rings is 1. The maximum atomic E-state index is 11.6. The van der Waals surface area contributed by atoms with Crippen LogP contribution in [-0.4, -0.2) is 39.7 Å². The van der Waals surface area contributed by atoms with Crippen molar-refractivity contribution in [1.29, 1.82) is 0 Å². The molecule has 0 aliphatic carbocycles. The predicted molar refractivity (Wildman–Crippen MR) is 71.3 cm³/mol. The van der Waals surface area contributed by atoms with Crippen LogP contribution in [0.4, 0.5) is 0 Å². The van der Waals surface area contributed by atoms with Gasteiger partial charge in [0.1, 0.15) is 5.75 Å². The molecular formula is C13H16N4O3. The van der Waals surface area contributed by atoms with Crippen LogP contribution in [0.2, 0.25) is 0 Å². The summed E-state index contributed by atoms with van der Waals surface area (Å²) in [5.74, 6) is -0.324. The molecule has 7 nitrogen and oxygen atoms in total. The number of hydrogen-bond donors (Lipinski definition) is 2. The summed E-state index contributed by atoms with van der Waals surface area (Å²) < 4.78 is 6.29. The van der Waals surface area contributed by atoms with Crippen molar-refractivity contribution in [2.45, 2.75) is 13.0 Å². The van der Waals surface area contributed by atoms with Crippen LogP contribution < -0.4 is 5.73 Å². The van der Waals surface area contributed by atoms with Crippen molar-refractivity contribution in [3.8, 4) is 5.75 Å². The van der Waals surface area contributed by atoms with Crippen LogP contribution in [0.15, 0.2) is 24.3 Å². The number of methoxy groups -OCH3 is 1. The molecule has 1 aromatic heterocycles. The molecule has 0 saturated carbocycles. The number of nitrogens with two attached hydrogens (primary N) is 1. The van der Waals surface area contributed by atoms with Crippen molar-refractivity contribution >= 4 is 5.97 Å². The summed E-state index contributed by atoms with van der Waals surface area (Å²) in [6, 6.07) is 6.74. The highest BCUT2D eigenvalue weighted by Crippen LogP contribution is 2.13. The number of ether oxygens (including phenoxy) is 1. The van der Waals surface area contributed by atoms with Gasteiger partial charge in [0, 0.05) is 6.42 Å². The fourth-order valence-corrected chi connectivity index (χ4v) is 1.87. The molecule has 0 bridgehead atoms. The van der Waals surface area contributed by atoms with Gasteiger partial charge in [-0.2, -0.15) is 0 Å². The van der Waals surface area contributed by atoms with Crippen molar-refractivity contribution in [3.63, 3.8) is 0 Å². The van der Waals surface area contributed by atoms with Crippen LogP contribution in [0.5, 0.6) is 5.75 Å². The Morgan fingerprint density at radius 3 is 2.70 bits per heavy atom. The Labute approximate surface area is 116 Å². The van der Waals surface area contributed by atoms with Crippen molar-refractivity contribution in [2.24, 2.45) is 5.73 Å². The van der Waals surface area contributed by atoms with Gasteiger partial charge in [-0.25, -0.2) is 9.48 Å². The third-order valence-corrected chi connectivity index (χ3v) is 2.87. The van der Waals surface area contributed by atoms with Gasteiger partial charge in [-0.05, 0) is 24.2 Å². The molecule has 0 aliphatic heterocycles. The maximum absolute atomic E-state index is 11.6. The van der Waals surface area contributed by atoms with E-state index in [1.54, 1.807) is 28.9 Å². The molecule has 20 heavy (non-hydrogen) atoms. The second kappa shape index (κ2) is 6.16. The number of carbonyl (C=O) groups excluding carboxylic acids is 1. The highest BCUT2D eigenvalue weighted by Gasteiger charge is 2.19. The van der Waals surface area contributed by atoms with E-state index in [-0.39, 0.29) is 11.4 Å². The van der Waals surface area contributed by atoms with Gasteiger partial charge in [0.05, 0.1) is 19.3 Å². The van der Waals surface area contributed by atoms with Crippen LogP contribution in [0.25, 0.3) is 0 Å². The summed E-state index contributed by atoms with van der Waals surface area (Å²) in [4.78, 5) is 11.6. The number of carbonyl (C=O) groups is 1. The number of nitrogens with zero attached hydrogens (tertiary/aromatic N) is 3. The molecule has 0 spiro atoms. The minimum absolute atomic E-state index is 0.191. The van der Waals surface area contributed by atoms with Gasteiger partial charge < -0.3 is 15.6 Å².